The van der Waals surface area contributed by atoms with Crippen molar-refractivity contribution in [3.05, 3.63) is 0 Å². The van der Waals surface area contributed by atoms with Crippen molar-refractivity contribution < 1.29 is 14.6 Å². The Balaban J connectivity index is 1.60. The van der Waals surface area contributed by atoms with Crippen LogP contribution in [0.3, 0.4) is 0 Å². The maximum atomic E-state index is 12.0. The molecule has 22 heavy (non-hydrogen) atoms. The fourth-order valence-electron chi connectivity index (χ4n) is 3.37. The summed E-state index contributed by atoms with van der Waals surface area (Å²) in [7, 11) is 0. The van der Waals surface area contributed by atoms with Gasteiger partial charge < -0.3 is 20.1 Å². The summed E-state index contributed by atoms with van der Waals surface area (Å²) in [5.41, 5.74) is -0.415. The summed E-state index contributed by atoms with van der Waals surface area (Å²) in [4.78, 5) is 13.8. The molecule has 1 amide bonds. The van der Waals surface area contributed by atoms with Crippen molar-refractivity contribution >= 4 is 6.09 Å². The van der Waals surface area contributed by atoms with Gasteiger partial charge in [0.15, 0.2) is 0 Å². The molecular weight excluding hydrogens is 280 g/mol. The molecule has 1 aliphatic carbocycles. The highest BCUT2D eigenvalue weighted by atomic mass is 16.6. The lowest BCUT2D eigenvalue weighted by molar-refractivity contribution is 0.0184. The van der Waals surface area contributed by atoms with E-state index >= 15 is 0 Å². The summed E-state index contributed by atoms with van der Waals surface area (Å²) in [6.07, 6.45) is 4.87. The lowest BCUT2D eigenvalue weighted by Gasteiger charge is -2.33. The normalized spacial score (nSPS) is 27.2. The number of carbonyl (C=O) groups excluding carboxylic acids is 1. The van der Waals surface area contributed by atoms with E-state index in [0.717, 1.165) is 58.3 Å². The first-order valence-electron chi connectivity index (χ1n) is 8.70. The van der Waals surface area contributed by atoms with Crippen molar-refractivity contribution in [2.45, 2.75) is 64.6 Å². The number of aliphatic hydroxyl groups excluding tert-OH is 1. The molecule has 2 aliphatic rings. The molecule has 0 radical (unpaired) electrons. The van der Waals surface area contributed by atoms with Crippen LogP contribution in [0, 0.1) is 11.8 Å². The Morgan fingerprint density at radius 1 is 1.14 bits per heavy atom. The van der Waals surface area contributed by atoms with Crippen LogP contribution in [-0.2, 0) is 4.74 Å². The first-order valence-corrected chi connectivity index (χ1v) is 8.70. The summed E-state index contributed by atoms with van der Waals surface area (Å²) in [5.74, 6) is 1.28. The third kappa shape index (κ3) is 5.76. The Bertz CT molecular complexity index is 359. The molecule has 2 atom stereocenters. The zero-order chi connectivity index (χ0) is 16.2. The molecule has 1 aliphatic heterocycles. The number of hydrogen-bond donors (Lipinski definition) is 2. The fourth-order valence-corrected chi connectivity index (χ4v) is 3.37. The van der Waals surface area contributed by atoms with Crippen LogP contribution in [-0.4, -0.2) is 54.0 Å². The van der Waals surface area contributed by atoms with E-state index in [1.165, 1.54) is 0 Å². The summed E-state index contributed by atoms with van der Waals surface area (Å²) >= 11 is 0. The van der Waals surface area contributed by atoms with Gasteiger partial charge in [-0.05, 0) is 77.8 Å². The SMILES string of the molecule is CC(C)(C)OC(=O)N1CCC(CNCC2CCC(O)C2)CC1. The summed E-state index contributed by atoms with van der Waals surface area (Å²) in [6.45, 7) is 9.34. The zero-order valence-corrected chi connectivity index (χ0v) is 14.3. The zero-order valence-electron chi connectivity index (χ0n) is 14.3. The Hall–Kier alpha value is -0.810. The Kier molecular flexibility index (Phi) is 6.09. The molecule has 0 aromatic carbocycles. The number of rotatable bonds is 4. The van der Waals surface area contributed by atoms with E-state index in [-0.39, 0.29) is 12.2 Å². The number of carbonyl (C=O) groups is 1. The van der Waals surface area contributed by atoms with E-state index in [4.69, 9.17) is 4.74 Å². The summed E-state index contributed by atoms with van der Waals surface area (Å²) < 4.78 is 5.42. The maximum absolute atomic E-state index is 12.0. The van der Waals surface area contributed by atoms with Crippen LogP contribution in [0.2, 0.25) is 0 Å². The van der Waals surface area contributed by atoms with Crippen LogP contribution >= 0.6 is 0 Å². The van der Waals surface area contributed by atoms with Gasteiger partial charge in [-0.2, -0.15) is 0 Å². The van der Waals surface area contributed by atoms with Gasteiger partial charge in [-0.1, -0.05) is 0 Å². The number of aliphatic hydroxyl groups is 1. The highest BCUT2D eigenvalue weighted by molar-refractivity contribution is 5.68. The molecule has 0 aromatic heterocycles. The number of hydrogen-bond acceptors (Lipinski definition) is 4. The molecule has 2 unspecified atom stereocenters. The minimum absolute atomic E-state index is 0.0798. The van der Waals surface area contributed by atoms with E-state index in [9.17, 15) is 9.90 Å². The fraction of sp³-hybridized carbons (Fsp3) is 0.941. The van der Waals surface area contributed by atoms with Crippen LogP contribution in [0.15, 0.2) is 0 Å². The lowest BCUT2D eigenvalue weighted by Crippen LogP contribution is -2.43. The first kappa shape index (κ1) is 17.5. The molecule has 1 saturated carbocycles. The molecule has 2 N–H and O–H groups in total. The van der Waals surface area contributed by atoms with Gasteiger partial charge in [-0.15, -0.1) is 0 Å². The van der Waals surface area contributed by atoms with Crippen molar-refractivity contribution in [2.24, 2.45) is 11.8 Å². The smallest absolute Gasteiger partial charge is 0.410 e. The van der Waals surface area contributed by atoms with Gasteiger partial charge in [0, 0.05) is 13.1 Å². The maximum Gasteiger partial charge on any atom is 0.410 e. The van der Waals surface area contributed by atoms with Gasteiger partial charge in [0.25, 0.3) is 0 Å². The number of nitrogens with zero attached hydrogens (tertiary/aromatic N) is 1. The molecule has 2 fully saturated rings. The van der Waals surface area contributed by atoms with Crippen LogP contribution in [0.4, 0.5) is 4.79 Å². The van der Waals surface area contributed by atoms with Gasteiger partial charge in [-0.3, -0.25) is 0 Å². The minimum Gasteiger partial charge on any atom is -0.444 e. The second-order valence-electron chi connectivity index (χ2n) is 7.90. The molecule has 5 nitrogen and oxygen atoms in total. The summed E-state index contributed by atoms with van der Waals surface area (Å²) in [6, 6.07) is 0. The van der Waals surface area contributed by atoms with Gasteiger partial charge in [0.2, 0.25) is 0 Å². The number of likely N-dealkylation sites (tertiary alicyclic amines) is 1. The first-order chi connectivity index (χ1) is 10.3. The van der Waals surface area contributed by atoms with E-state index in [1.807, 2.05) is 25.7 Å². The van der Waals surface area contributed by atoms with Crippen LogP contribution in [0.25, 0.3) is 0 Å². The average molecular weight is 312 g/mol. The quantitative estimate of drug-likeness (QED) is 0.837. The molecule has 5 heteroatoms. The average Bonchev–Trinajstić information content (AvgIpc) is 2.83. The van der Waals surface area contributed by atoms with Gasteiger partial charge >= 0.3 is 6.09 Å². The van der Waals surface area contributed by atoms with E-state index in [1.54, 1.807) is 0 Å². The topological polar surface area (TPSA) is 61.8 Å². The van der Waals surface area contributed by atoms with Crippen molar-refractivity contribution in [1.82, 2.24) is 10.2 Å². The molecular formula is C17H32N2O3. The number of ether oxygens (including phenoxy) is 1. The largest absolute Gasteiger partial charge is 0.444 e. The Morgan fingerprint density at radius 2 is 1.77 bits per heavy atom. The summed E-state index contributed by atoms with van der Waals surface area (Å²) in [5, 5.41) is 13.1. The highest BCUT2D eigenvalue weighted by Crippen LogP contribution is 2.25. The lowest BCUT2D eigenvalue weighted by atomic mass is 9.96. The van der Waals surface area contributed by atoms with Crippen molar-refractivity contribution in [1.29, 1.82) is 0 Å². The van der Waals surface area contributed by atoms with E-state index < -0.39 is 5.60 Å². The standard InChI is InChI=1S/C17H32N2O3/c1-17(2,3)22-16(21)19-8-6-13(7-9-19)11-18-12-14-4-5-15(20)10-14/h13-15,18,20H,4-12H2,1-3H3. The van der Waals surface area contributed by atoms with E-state index in [0.29, 0.717) is 11.8 Å². The van der Waals surface area contributed by atoms with E-state index in [2.05, 4.69) is 5.32 Å². The van der Waals surface area contributed by atoms with Crippen LogP contribution < -0.4 is 5.32 Å². The third-order valence-electron chi connectivity index (χ3n) is 4.65. The Labute approximate surface area is 134 Å². The molecule has 0 bridgehead atoms. The second-order valence-corrected chi connectivity index (χ2v) is 7.90. The predicted molar refractivity (Wildman–Crippen MR) is 86.7 cm³/mol. The van der Waals surface area contributed by atoms with Crippen LogP contribution in [0.5, 0.6) is 0 Å². The molecule has 0 aromatic rings. The molecule has 128 valence electrons. The number of amides is 1. The number of nitrogens with one attached hydrogen (secondary N) is 1. The third-order valence-corrected chi connectivity index (χ3v) is 4.65. The molecule has 0 spiro atoms. The molecule has 1 heterocycles. The van der Waals surface area contributed by atoms with Crippen molar-refractivity contribution in [2.75, 3.05) is 26.2 Å². The van der Waals surface area contributed by atoms with Gasteiger partial charge in [0.1, 0.15) is 5.60 Å². The molecule has 1 saturated heterocycles. The Morgan fingerprint density at radius 3 is 2.32 bits per heavy atom. The van der Waals surface area contributed by atoms with Gasteiger partial charge in [-0.25, -0.2) is 4.79 Å². The predicted octanol–water partition coefficient (Wildman–Crippen LogP) is 2.38. The van der Waals surface area contributed by atoms with Crippen LogP contribution in [0.1, 0.15) is 52.9 Å². The van der Waals surface area contributed by atoms with Crippen molar-refractivity contribution in [3.63, 3.8) is 0 Å². The molecule has 2 rings (SSSR count). The highest BCUT2D eigenvalue weighted by Gasteiger charge is 2.27. The van der Waals surface area contributed by atoms with Crippen molar-refractivity contribution in [3.8, 4) is 0 Å². The number of piperidine rings is 1. The van der Waals surface area contributed by atoms with Gasteiger partial charge in [0.05, 0.1) is 6.10 Å². The monoisotopic (exact) mass is 312 g/mol. The minimum atomic E-state index is -0.415. The second kappa shape index (κ2) is 7.64.